The first-order valence-electron chi connectivity index (χ1n) is 5.12. The third-order valence-electron chi connectivity index (χ3n) is 2.37. The van der Waals surface area contributed by atoms with E-state index in [9.17, 15) is 18.0 Å². The van der Waals surface area contributed by atoms with Crippen LogP contribution in [0.5, 0.6) is 0 Å². The van der Waals surface area contributed by atoms with Crippen molar-refractivity contribution >= 4 is 34.5 Å². The predicted octanol–water partition coefficient (Wildman–Crippen LogP) is 1.03. The molecule has 112 valence electrons. The second-order valence-corrected chi connectivity index (χ2v) is 4.84. The molecule has 0 aliphatic carbocycles. The molecule has 1 aromatic heterocycles. The summed E-state index contributed by atoms with van der Waals surface area (Å²) in [5.74, 6) is -3.33. The number of carboxylic acids is 2. The van der Waals surface area contributed by atoms with Gasteiger partial charge in [-0.2, -0.15) is 18.3 Å². The van der Waals surface area contributed by atoms with Gasteiger partial charge in [0, 0.05) is 19.0 Å². The highest BCUT2D eigenvalue weighted by atomic mass is 127. The first kappa shape index (κ1) is 16.7. The monoisotopic (exact) mass is 407 g/mol. The van der Waals surface area contributed by atoms with E-state index in [4.69, 9.17) is 15.0 Å². The number of H-pyrrole nitrogens is 1. The van der Waals surface area contributed by atoms with Crippen molar-refractivity contribution in [2.75, 3.05) is 13.1 Å². The van der Waals surface area contributed by atoms with Crippen LogP contribution in [0, 0.1) is 3.57 Å². The van der Waals surface area contributed by atoms with E-state index < -0.39 is 18.1 Å². The van der Waals surface area contributed by atoms with E-state index in [-0.39, 0.29) is 5.69 Å². The number of rotatable bonds is 2. The van der Waals surface area contributed by atoms with Crippen molar-refractivity contribution in [1.82, 2.24) is 15.5 Å². The number of carboxylic acid groups (broad SMARTS) is 2. The number of aromatic nitrogens is 2. The van der Waals surface area contributed by atoms with Crippen LogP contribution in [0.15, 0.2) is 0 Å². The fourth-order valence-electron chi connectivity index (χ4n) is 1.25. The average molecular weight is 407 g/mol. The first-order valence-corrected chi connectivity index (χ1v) is 6.20. The zero-order valence-corrected chi connectivity index (χ0v) is 11.8. The number of halogens is 4. The molecule has 4 N–H and O–H groups in total. The molecule has 1 fully saturated rings. The normalized spacial score (nSPS) is 15.0. The second-order valence-electron chi connectivity index (χ2n) is 3.76. The van der Waals surface area contributed by atoms with Gasteiger partial charge < -0.3 is 15.5 Å². The number of aromatic carboxylic acids is 1. The van der Waals surface area contributed by atoms with Gasteiger partial charge in [0.1, 0.15) is 0 Å². The summed E-state index contributed by atoms with van der Waals surface area (Å²) in [6.07, 6.45) is -5.08. The number of carbonyl (C=O) groups is 2. The second kappa shape index (κ2) is 6.39. The van der Waals surface area contributed by atoms with Crippen LogP contribution >= 0.6 is 22.6 Å². The maximum Gasteiger partial charge on any atom is 0.490 e. The Balaban J connectivity index is 0.000000246. The first-order chi connectivity index (χ1) is 9.14. The van der Waals surface area contributed by atoms with E-state index in [2.05, 4.69) is 15.5 Å². The smallest absolute Gasteiger partial charge is 0.476 e. The highest BCUT2D eigenvalue weighted by Crippen LogP contribution is 2.24. The molecule has 1 saturated heterocycles. The maximum atomic E-state index is 10.7. The van der Waals surface area contributed by atoms with Gasteiger partial charge in [-0.05, 0) is 22.6 Å². The van der Waals surface area contributed by atoms with Gasteiger partial charge in [0.15, 0.2) is 5.69 Å². The SMILES string of the molecule is O=C(O)C(F)(F)F.O=C(O)c1n[nH]c(C2CNC2)c1I. The minimum Gasteiger partial charge on any atom is -0.476 e. The molecule has 1 aliphatic heterocycles. The Kier molecular flexibility index (Phi) is 5.33. The van der Waals surface area contributed by atoms with E-state index in [1.54, 1.807) is 0 Å². The van der Waals surface area contributed by atoms with Gasteiger partial charge in [-0.15, -0.1) is 0 Å². The van der Waals surface area contributed by atoms with Gasteiger partial charge in [0.05, 0.1) is 9.26 Å². The molecular weight excluding hydrogens is 398 g/mol. The zero-order chi connectivity index (χ0) is 15.5. The number of nitrogens with one attached hydrogen (secondary N) is 2. The van der Waals surface area contributed by atoms with Crippen molar-refractivity contribution in [3.63, 3.8) is 0 Å². The molecule has 0 radical (unpaired) electrons. The molecule has 0 spiro atoms. The van der Waals surface area contributed by atoms with Crippen molar-refractivity contribution < 1.29 is 33.0 Å². The lowest BCUT2D eigenvalue weighted by atomic mass is 9.99. The Morgan fingerprint density at radius 3 is 2.05 bits per heavy atom. The molecule has 0 amide bonds. The Labute approximate surface area is 123 Å². The molecule has 1 aromatic rings. The van der Waals surface area contributed by atoms with Crippen LogP contribution in [-0.2, 0) is 4.79 Å². The summed E-state index contributed by atoms with van der Waals surface area (Å²) in [6, 6.07) is 0. The maximum absolute atomic E-state index is 10.7. The Bertz CT molecular complexity index is 513. The van der Waals surface area contributed by atoms with Crippen molar-refractivity contribution in [3.8, 4) is 0 Å². The lowest BCUT2D eigenvalue weighted by Gasteiger charge is -2.26. The van der Waals surface area contributed by atoms with Crippen LogP contribution in [0.3, 0.4) is 0 Å². The Morgan fingerprint density at radius 1 is 1.30 bits per heavy atom. The molecule has 7 nitrogen and oxygen atoms in total. The van der Waals surface area contributed by atoms with Crippen molar-refractivity contribution in [2.24, 2.45) is 0 Å². The van der Waals surface area contributed by atoms with Gasteiger partial charge in [0.2, 0.25) is 0 Å². The predicted molar refractivity (Wildman–Crippen MR) is 67.6 cm³/mol. The van der Waals surface area contributed by atoms with E-state index >= 15 is 0 Å². The van der Waals surface area contributed by atoms with Crippen LogP contribution in [0.2, 0.25) is 0 Å². The highest BCUT2D eigenvalue weighted by Gasteiger charge is 2.38. The number of aromatic amines is 1. The van der Waals surface area contributed by atoms with Gasteiger partial charge in [-0.3, -0.25) is 5.10 Å². The molecule has 2 heterocycles. The minimum absolute atomic E-state index is 0.127. The summed E-state index contributed by atoms with van der Waals surface area (Å²) in [4.78, 5) is 19.6. The van der Waals surface area contributed by atoms with Gasteiger partial charge in [-0.25, -0.2) is 9.59 Å². The fraction of sp³-hybridized carbons (Fsp3) is 0.444. The molecule has 2 rings (SSSR count). The Hall–Kier alpha value is -1.37. The number of hydrogen-bond acceptors (Lipinski definition) is 4. The summed E-state index contributed by atoms with van der Waals surface area (Å²) >= 11 is 2.02. The van der Waals surface area contributed by atoms with Crippen LogP contribution < -0.4 is 5.32 Å². The molecule has 20 heavy (non-hydrogen) atoms. The minimum atomic E-state index is -5.08. The lowest BCUT2D eigenvalue weighted by Crippen LogP contribution is -2.40. The van der Waals surface area contributed by atoms with Crippen LogP contribution in [0.25, 0.3) is 0 Å². The molecule has 0 aromatic carbocycles. The number of alkyl halides is 3. The topological polar surface area (TPSA) is 115 Å². The summed E-state index contributed by atoms with van der Waals surface area (Å²) in [7, 11) is 0. The molecule has 0 unspecified atom stereocenters. The van der Waals surface area contributed by atoms with E-state index in [0.717, 1.165) is 22.4 Å². The van der Waals surface area contributed by atoms with Gasteiger partial charge >= 0.3 is 18.1 Å². The van der Waals surface area contributed by atoms with E-state index in [0.29, 0.717) is 5.92 Å². The third-order valence-corrected chi connectivity index (χ3v) is 3.46. The molecule has 0 saturated carbocycles. The van der Waals surface area contributed by atoms with Crippen molar-refractivity contribution in [1.29, 1.82) is 0 Å². The van der Waals surface area contributed by atoms with Crippen LogP contribution in [-0.4, -0.2) is 51.6 Å². The van der Waals surface area contributed by atoms with E-state index in [1.807, 2.05) is 22.6 Å². The quantitative estimate of drug-likeness (QED) is 0.545. The fourth-order valence-corrected chi connectivity index (χ4v) is 2.16. The van der Waals surface area contributed by atoms with Crippen LogP contribution in [0.1, 0.15) is 22.1 Å². The summed E-state index contributed by atoms with van der Waals surface area (Å²) in [5.41, 5.74) is 1.07. The largest absolute Gasteiger partial charge is 0.490 e. The molecule has 11 heteroatoms. The standard InChI is InChI=1S/C7H8IN3O2.C2HF3O2/c8-4-5(3-1-9-2-3)10-11-6(4)7(12)13;3-2(4,5)1(6)7/h3,9H,1-2H2,(H,10,11)(H,12,13);(H,6,7). The van der Waals surface area contributed by atoms with Crippen molar-refractivity contribution in [3.05, 3.63) is 15.0 Å². The average Bonchev–Trinajstić information content (AvgIpc) is 2.58. The highest BCUT2D eigenvalue weighted by molar-refractivity contribution is 14.1. The molecule has 1 aliphatic rings. The van der Waals surface area contributed by atoms with Gasteiger partial charge in [-0.1, -0.05) is 0 Å². The van der Waals surface area contributed by atoms with Gasteiger partial charge in [0.25, 0.3) is 0 Å². The number of nitrogens with zero attached hydrogens (tertiary/aromatic N) is 1. The summed E-state index contributed by atoms with van der Waals surface area (Å²) in [5, 5.41) is 25.5. The molecule has 0 bridgehead atoms. The number of aliphatic carboxylic acids is 1. The molecular formula is C9H9F3IN3O4. The zero-order valence-electron chi connectivity index (χ0n) is 9.66. The van der Waals surface area contributed by atoms with Crippen LogP contribution in [0.4, 0.5) is 13.2 Å². The third kappa shape index (κ3) is 4.06. The summed E-state index contributed by atoms with van der Waals surface area (Å²) in [6.45, 7) is 1.80. The van der Waals surface area contributed by atoms with E-state index in [1.165, 1.54) is 0 Å². The van der Waals surface area contributed by atoms with Crippen molar-refractivity contribution in [2.45, 2.75) is 12.1 Å². The number of hydrogen-bond donors (Lipinski definition) is 4. The Morgan fingerprint density at radius 2 is 1.80 bits per heavy atom. The molecule has 0 atom stereocenters. The lowest BCUT2D eigenvalue weighted by molar-refractivity contribution is -0.192. The summed E-state index contributed by atoms with van der Waals surface area (Å²) < 4.78 is 32.5.